The lowest BCUT2D eigenvalue weighted by Gasteiger charge is -2.26. The highest BCUT2D eigenvalue weighted by atomic mass is 14.6. The Hall–Kier alpha value is -0.820. The summed E-state index contributed by atoms with van der Waals surface area (Å²) in [5.41, 5.74) is 11.7. The second kappa shape index (κ2) is 3.74. The van der Waals surface area contributed by atoms with Crippen molar-refractivity contribution in [2.45, 2.75) is 39.0 Å². The van der Waals surface area contributed by atoms with E-state index >= 15 is 0 Å². The van der Waals surface area contributed by atoms with Gasteiger partial charge in [-0.25, -0.2) is 0 Å². The van der Waals surface area contributed by atoms with Crippen LogP contribution in [0, 0.1) is 13.8 Å². The Morgan fingerprint density at radius 3 is 2.86 bits per heavy atom. The molecular formula is C13H19N. The van der Waals surface area contributed by atoms with E-state index in [1.807, 2.05) is 0 Å². The summed E-state index contributed by atoms with van der Waals surface area (Å²) in [6.45, 7) is 5.20. The van der Waals surface area contributed by atoms with Gasteiger partial charge in [0.2, 0.25) is 0 Å². The molecule has 0 saturated heterocycles. The van der Waals surface area contributed by atoms with Crippen molar-refractivity contribution in [2.75, 3.05) is 6.54 Å². The normalized spacial score (nSPS) is 20.6. The van der Waals surface area contributed by atoms with Gasteiger partial charge in [0.15, 0.2) is 0 Å². The summed E-state index contributed by atoms with van der Waals surface area (Å²) >= 11 is 0. The van der Waals surface area contributed by atoms with E-state index in [1.54, 1.807) is 5.56 Å². The van der Waals surface area contributed by atoms with Crippen molar-refractivity contribution in [1.82, 2.24) is 0 Å². The number of benzene rings is 1. The van der Waals surface area contributed by atoms with Crippen LogP contribution in [0.2, 0.25) is 0 Å². The average Bonchev–Trinajstić information content (AvgIpc) is 2.17. The van der Waals surface area contributed by atoms with Crippen LogP contribution in [0.25, 0.3) is 0 Å². The molecule has 1 atom stereocenters. The van der Waals surface area contributed by atoms with Crippen molar-refractivity contribution in [3.63, 3.8) is 0 Å². The second-order valence-electron chi connectivity index (χ2n) is 4.47. The number of fused-ring (bicyclic) bond motifs is 1. The highest BCUT2D eigenvalue weighted by Crippen LogP contribution is 2.33. The van der Waals surface area contributed by atoms with Gasteiger partial charge < -0.3 is 5.73 Å². The van der Waals surface area contributed by atoms with Gasteiger partial charge in [0.25, 0.3) is 0 Å². The monoisotopic (exact) mass is 189 g/mol. The van der Waals surface area contributed by atoms with Gasteiger partial charge >= 0.3 is 0 Å². The summed E-state index contributed by atoms with van der Waals surface area (Å²) < 4.78 is 0. The van der Waals surface area contributed by atoms with Gasteiger partial charge in [0.05, 0.1) is 0 Å². The Morgan fingerprint density at radius 2 is 2.14 bits per heavy atom. The van der Waals surface area contributed by atoms with Crippen LogP contribution < -0.4 is 5.73 Å². The van der Waals surface area contributed by atoms with E-state index < -0.39 is 0 Å². The summed E-state index contributed by atoms with van der Waals surface area (Å²) in [6, 6.07) is 4.62. The molecule has 1 heteroatoms. The molecule has 0 bridgehead atoms. The summed E-state index contributed by atoms with van der Waals surface area (Å²) in [5, 5.41) is 0. The molecular weight excluding hydrogens is 170 g/mol. The molecule has 1 nitrogen and oxygen atoms in total. The van der Waals surface area contributed by atoms with Crippen LogP contribution in [0.15, 0.2) is 12.1 Å². The van der Waals surface area contributed by atoms with Crippen LogP contribution in [0.1, 0.15) is 41.0 Å². The molecule has 2 rings (SSSR count). The average molecular weight is 189 g/mol. The maximum absolute atomic E-state index is 5.82. The standard InChI is InChI=1S/C13H19N/c1-9-6-10(2)12-5-3-4-11(8-14)13(12)7-9/h6-7,11H,3-5,8,14H2,1-2H3. The number of hydrogen-bond donors (Lipinski definition) is 1. The molecule has 1 aromatic carbocycles. The van der Waals surface area contributed by atoms with E-state index in [1.165, 1.54) is 36.0 Å². The molecule has 1 aromatic rings. The van der Waals surface area contributed by atoms with E-state index in [4.69, 9.17) is 5.73 Å². The van der Waals surface area contributed by atoms with Crippen LogP contribution in [0.4, 0.5) is 0 Å². The van der Waals surface area contributed by atoms with Crippen LogP contribution in [0.5, 0.6) is 0 Å². The predicted molar refractivity (Wildman–Crippen MR) is 60.6 cm³/mol. The molecule has 1 aliphatic rings. The van der Waals surface area contributed by atoms with Crippen molar-refractivity contribution < 1.29 is 0 Å². The fourth-order valence-electron chi connectivity index (χ4n) is 2.66. The van der Waals surface area contributed by atoms with Gasteiger partial charge in [-0.05, 0) is 62.3 Å². The molecule has 1 unspecified atom stereocenters. The Kier molecular flexibility index (Phi) is 2.60. The van der Waals surface area contributed by atoms with E-state index in [-0.39, 0.29) is 0 Å². The molecule has 0 heterocycles. The Balaban J connectivity index is 2.51. The van der Waals surface area contributed by atoms with Crippen molar-refractivity contribution in [3.8, 4) is 0 Å². The number of aryl methyl sites for hydroxylation is 2. The van der Waals surface area contributed by atoms with Gasteiger partial charge in [0.1, 0.15) is 0 Å². The number of rotatable bonds is 1. The lowest BCUT2D eigenvalue weighted by Crippen LogP contribution is -2.19. The van der Waals surface area contributed by atoms with Crippen LogP contribution in [-0.2, 0) is 6.42 Å². The molecule has 0 amide bonds. The zero-order chi connectivity index (χ0) is 10.1. The lowest BCUT2D eigenvalue weighted by molar-refractivity contribution is 0.558. The minimum Gasteiger partial charge on any atom is -0.330 e. The second-order valence-corrected chi connectivity index (χ2v) is 4.47. The largest absolute Gasteiger partial charge is 0.330 e. The SMILES string of the molecule is Cc1cc(C)c2c(c1)C(CN)CCC2. The highest BCUT2D eigenvalue weighted by molar-refractivity contribution is 5.41. The minimum atomic E-state index is 0.609. The first kappa shape index (κ1) is 9.72. The number of nitrogens with two attached hydrogens (primary N) is 1. The number of hydrogen-bond acceptors (Lipinski definition) is 1. The van der Waals surface area contributed by atoms with Crippen molar-refractivity contribution in [1.29, 1.82) is 0 Å². The van der Waals surface area contributed by atoms with Gasteiger partial charge in [0, 0.05) is 0 Å². The van der Waals surface area contributed by atoms with Crippen molar-refractivity contribution in [3.05, 3.63) is 34.4 Å². The van der Waals surface area contributed by atoms with Gasteiger partial charge in [-0.2, -0.15) is 0 Å². The first-order valence-electron chi connectivity index (χ1n) is 5.52. The summed E-state index contributed by atoms with van der Waals surface area (Å²) in [6.07, 6.45) is 3.82. The first-order chi connectivity index (χ1) is 6.72. The third-order valence-electron chi connectivity index (χ3n) is 3.36. The Labute approximate surface area is 86.3 Å². The fraction of sp³-hybridized carbons (Fsp3) is 0.538. The Morgan fingerprint density at radius 1 is 1.36 bits per heavy atom. The smallest absolute Gasteiger partial charge is 0.000813 e. The summed E-state index contributed by atoms with van der Waals surface area (Å²) in [7, 11) is 0. The summed E-state index contributed by atoms with van der Waals surface area (Å²) in [5.74, 6) is 0.609. The maximum Gasteiger partial charge on any atom is -0.000813 e. The first-order valence-corrected chi connectivity index (χ1v) is 5.52. The molecule has 76 valence electrons. The van der Waals surface area contributed by atoms with E-state index in [0.717, 1.165) is 6.54 Å². The maximum atomic E-state index is 5.82. The third kappa shape index (κ3) is 1.57. The van der Waals surface area contributed by atoms with E-state index in [9.17, 15) is 0 Å². The lowest BCUT2D eigenvalue weighted by atomic mass is 9.80. The van der Waals surface area contributed by atoms with Crippen LogP contribution >= 0.6 is 0 Å². The fourth-order valence-corrected chi connectivity index (χ4v) is 2.66. The quantitative estimate of drug-likeness (QED) is 0.722. The van der Waals surface area contributed by atoms with E-state index in [0.29, 0.717) is 5.92 Å². The molecule has 0 aromatic heterocycles. The van der Waals surface area contributed by atoms with Gasteiger partial charge in [-0.3, -0.25) is 0 Å². The molecule has 14 heavy (non-hydrogen) atoms. The molecule has 0 radical (unpaired) electrons. The minimum absolute atomic E-state index is 0.609. The molecule has 0 spiro atoms. The van der Waals surface area contributed by atoms with Crippen LogP contribution in [-0.4, -0.2) is 6.54 Å². The molecule has 2 N–H and O–H groups in total. The zero-order valence-corrected chi connectivity index (χ0v) is 9.14. The van der Waals surface area contributed by atoms with Crippen molar-refractivity contribution >= 4 is 0 Å². The molecule has 1 aliphatic carbocycles. The third-order valence-corrected chi connectivity index (χ3v) is 3.36. The van der Waals surface area contributed by atoms with E-state index in [2.05, 4.69) is 26.0 Å². The summed E-state index contributed by atoms with van der Waals surface area (Å²) in [4.78, 5) is 0. The predicted octanol–water partition coefficient (Wildman–Crippen LogP) is 2.68. The topological polar surface area (TPSA) is 26.0 Å². The zero-order valence-electron chi connectivity index (χ0n) is 9.14. The molecule has 0 fully saturated rings. The highest BCUT2D eigenvalue weighted by Gasteiger charge is 2.20. The van der Waals surface area contributed by atoms with Crippen LogP contribution in [0.3, 0.4) is 0 Å². The molecule has 0 aliphatic heterocycles. The van der Waals surface area contributed by atoms with Gasteiger partial charge in [-0.1, -0.05) is 17.7 Å². The molecule has 0 saturated carbocycles. The Bertz CT molecular complexity index is 341. The van der Waals surface area contributed by atoms with Crippen molar-refractivity contribution in [2.24, 2.45) is 5.73 Å². The van der Waals surface area contributed by atoms with Gasteiger partial charge in [-0.15, -0.1) is 0 Å².